The fourth-order valence-electron chi connectivity index (χ4n) is 4.74. The van der Waals surface area contributed by atoms with E-state index in [4.69, 9.17) is 0 Å². The number of amides is 1. The Kier molecular flexibility index (Phi) is 23.7. The number of hydrogen-bond acceptors (Lipinski definition) is 5. The Morgan fingerprint density at radius 3 is 1.55 bits per heavy atom. The van der Waals surface area contributed by atoms with E-state index in [0.717, 1.165) is 19.3 Å². The summed E-state index contributed by atoms with van der Waals surface area (Å²) in [6.07, 6.45) is 20.4. The molecule has 0 aromatic rings. The molecule has 7 nitrogen and oxygen atoms in total. The maximum absolute atomic E-state index is 12.6. The van der Waals surface area contributed by atoms with Crippen molar-refractivity contribution in [3.8, 4) is 0 Å². The lowest BCUT2D eigenvalue weighted by molar-refractivity contribution is -0.869. The Hall–Kier alpha value is -1.17. The molecule has 0 bridgehead atoms. The summed E-state index contributed by atoms with van der Waals surface area (Å²) in [6.45, 7) is 4.68. The first kappa shape index (κ1) is 38.8. The third kappa shape index (κ3) is 23.5. The number of carbonyl (C=O) groups excluding carboxylic acids is 4. The number of rotatable bonds is 28. The van der Waals surface area contributed by atoms with Crippen molar-refractivity contribution in [1.29, 1.82) is 0 Å². The summed E-state index contributed by atoms with van der Waals surface area (Å²) in [5.74, 6) is -0.193. The van der Waals surface area contributed by atoms with Crippen molar-refractivity contribution in [2.24, 2.45) is 0 Å². The van der Waals surface area contributed by atoms with E-state index >= 15 is 0 Å². The van der Waals surface area contributed by atoms with Gasteiger partial charge in [0.2, 0.25) is 5.91 Å². The van der Waals surface area contributed by atoms with Crippen LogP contribution in [-0.2, 0) is 19.2 Å². The highest BCUT2D eigenvalue weighted by atomic mass is 31.1. The minimum atomic E-state index is -2.43. The number of nitrogens with zero attached hydrogens (tertiary/aromatic N) is 1. The summed E-state index contributed by atoms with van der Waals surface area (Å²) in [7, 11) is 3.40. The van der Waals surface area contributed by atoms with Gasteiger partial charge in [-0.25, -0.2) is 0 Å². The first-order chi connectivity index (χ1) is 19.0. The molecule has 0 aromatic heterocycles. The Morgan fingerprint density at radius 1 is 0.625 bits per heavy atom. The second kappa shape index (κ2) is 24.4. The minimum Gasteiger partial charge on any atom is -0.360 e. The van der Waals surface area contributed by atoms with E-state index in [2.05, 4.69) is 12.2 Å². The molecule has 0 saturated carbocycles. The lowest BCUT2D eigenvalue weighted by Crippen LogP contribution is -2.38. The number of ketones is 1. The normalized spacial score (nSPS) is 13.2. The van der Waals surface area contributed by atoms with Gasteiger partial charge in [-0.2, -0.15) is 0 Å². The fraction of sp³-hybridized carbons (Fsp3) is 0.875. The van der Waals surface area contributed by atoms with Crippen LogP contribution in [0.4, 0.5) is 0 Å². The maximum atomic E-state index is 12.6. The van der Waals surface area contributed by atoms with Crippen LogP contribution >= 0.6 is 8.15 Å². The van der Waals surface area contributed by atoms with Crippen molar-refractivity contribution in [2.75, 3.05) is 27.7 Å². The number of carbonyl (C=O) groups is 4. The molecule has 0 aliphatic rings. The van der Waals surface area contributed by atoms with Crippen LogP contribution in [0, 0.1) is 0 Å². The number of unbranched alkanes of at least 4 members (excludes halogenated alkanes) is 14. The van der Waals surface area contributed by atoms with E-state index in [1.54, 1.807) is 0 Å². The molecule has 0 saturated heterocycles. The topological polar surface area (TPSA) is 101 Å². The van der Waals surface area contributed by atoms with Gasteiger partial charge in [-0.15, -0.1) is 0 Å². The van der Waals surface area contributed by atoms with Gasteiger partial charge >= 0.3 is 0 Å². The van der Waals surface area contributed by atoms with Crippen LogP contribution in [0.1, 0.15) is 149 Å². The zero-order chi connectivity index (χ0) is 30.2. The third-order valence-corrected chi connectivity index (χ3v) is 8.62. The monoisotopic (exact) mass is 585 g/mol. The van der Waals surface area contributed by atoms with Gasteiger partial charge in [-0.3, -0.25) is 19.2 Å². The van der Waals surface area contributed by atoms with E-state index in [1.165, 1.54) is 77.0 Å². The number of Topliss-reactive ketones (excluding diaryl/α,β-unsaturated/α-hetero) is 1. The SMILES string of the molecule is CCCCCCCCCCCCCCCCCC(=O)CC(CC(=O)P(O)C(=O)CC[N+](C)(C)C)NC(=O)CCC. The van der Waals surface area contributed by atoms with E-state index in [-0.39, 0.29) is 31.0 Å². The molecule has 8 heteroatoms. The third-order valence-electron chi connectivity index (χ3n) is 7.27. The van der Waals surface area contributed by atoms with Crippen LogP contribution in [0.15, 0.2) is 0 Å². The molecule has 0 radical (unpaired) electrons. The van der Waals surface area contributed by atoms with Crippen LogP contribution in [0.25, 0.3) is 0 Å². The molecular formula is C32H62N2O5P+. The van der Waals surface area contributed by atoms with Crippen LogP contribution in [0.5, 0.6) is 0 Å². The van der Waals surface area contributed by atoms with Gasteiger partial charge in [0.1, 0.15) is 5.78 Å². The van der Waals surface area contributed by atoms with Crippen LogP contribution in [-0.4, -0.2) is 65.8 Å². The molecule has 0 heterocycles. The summed E-state index contributed by atoms with van der Waals surface area (Å²) in [6, 6.07) is -0.668. The molecule has 0 spiro atoms. The highest BCUT2D eigenvalue weighted by Crippen LogP contribution is 2.36. The highest BCUT2D eigenvalue weighted by molar-refractivity contribution is 7.84. The van der Waals surface area contributed by atoms with Gasteiger partial charge in [0.05, 0.1) is 34.1 Å². The average Bonchev–Trinajstić information content (AvgIpc) is 2.88. The summed E-state index contributed by atoms with van der Waals surface area (Å²) >= 11 is 0. The molecule has 2 atom stereocenters. The number of nitrogens with one attached hydrogen (secondary N) is 1. The Bertz CT molecular complexity index is 708. The van der Waals surface area contributed by atoms with E-state index in [1.807, 2.05) is 28.1 Å². The van der Waals surface area contributed by atoms with Crippen LogP contribution < -0.4 is 5.32 Å². The predicted molar refractivity (Wildman–Crippen MR) is 167 cm³/mol. The van der Waals surface area contributed by atoms with Crippen LogP contribution in [0.2, 0.25) is 0 Å². The van der Waals surface area contributed by atoms with E-state index in [9.17, 15) is 24.1 Å². The Balaban J connectivity index is 4.24. The molecule has 1 amide bonds. The smallest absolute Gasteiger partial charge is 0.220 e. The summed E-state index contributed by atoms with van der Waals surface area (Å²) < 4.78 is 0.562. The highest BCUT2D eigenvalue weighted by Gasteiger charge is 2.29. The maximum Gasteiger partial charge on any atom is 0.220 e. The average molecular weight is 586 g/mol. The van der Waals surface area contributed by atoms with Crippen molar-refractivity contribution in [1.82, 2.24) is 5.32 Å². The predicted octanol–water partition coefficient (Wildman–Crippen LogP) is 7.42. The zero-order valence-electron chi connectivity index (χ0n) is 26.6. The van der Waals surface area contributed by atoms with Gasteiger partial charge in [0, 0.05) is 31.7 Å². The molecular weight excluding hydrogens is 523 g/mol. The molecule has 40 heavy (non-hydrogen) atoms. The fourth-order valence-corrected chi connectivity index (χ4v) is 5.73. The first-order valence-corrected chi connectivity index (χ1v) is 17.5. The van der Waals surface area contributed by atoms with Crippen LogP contribution in [0.3, 0.4) is 0 Å². The van der Waals surface area contributed by atoms with Gasteiger partial charge in [-0.05, 0) is 12.8 Å². The summed E-state index contributed by atoms with van der Waals surface area (Å²) in [4.78, 5) is 60.1. The molecule has 2 unspecified atom stereocenters. The quantitative estimate of drug-likeness (QED) is 0.0565. The minimum absolute atomic E-state index is 0.0166. The Morgan fingerprint density at radius 2 is 1.10 bits per heavy atom. The molecule has 0 aliphatic carbocycles. The molecule has 0 aliphatic heterocycles. The summed E-state index contributed by atoms with van der Waals surface area (Å²) in [5, 5.41) is 2.79. The molecule has 0 rings (SSSR count). The van der Waals surface area contributed by atoms with E-state index in [0.29, 0.717) is 30.3 Å². The standard InChI is InChI=1S/C32H61N2O5P/c1-6-8-9-10-11-12-13-14-15-16-17-18-19-20-21-23-29(35)26-28(33-30(36)22-7-2)27-32(38)40(39)31(37)24-25-34(3,4)5/h28,39H,6-27H2,1-5H3/p+1. The molecule has 234 valence electrons. The zero-order valence-corrected chi connectivity index (χ0v) is 27.5. The Labute approximate surface area is 247 Å². The van der Waals surface area contributed by atoms with Crippen molar-refractivity contribution in [3.63, 3.8) is 0 Å². The van der Waals surface area contributed by atoms with Crippen molar-refractivity contribution in [3.05, 3.63) is 0 Å². The first-order valence-electron chi connectivity index (χ1n) is 16.2. The van der Waals surface area contributed by atoms with Gasteiger partial charge in [0.25, 0.3) is 0 Å². The second-order valence-electron chi connectivity index (χ2n) is 12.5. The van der Waals surface area contributed by atoms with Gasteiger partial charge in [-0.1, -0.05) is 104 Å². The van der Waals surface area contributed by atoms with Crippen molar-refractivity contribution < 1.29 is 28.6 Å². The van der Waals surface area contributed by atoms with Crippen molar-refractivity contribution in [2.45, 2.75) is 155 Å². The molecule has 2 N–H and O–H groups in total. The van der Waals surface area contributed by atoms with Crippen molar-refractivity contribution >= 4 is 30.9 Å². The van der Waals surface area contributed by atoms with Gasteiger partial charge < -0.3 is 14.7 Å². The lowest BCUT2D eigenvalue weighted by Gasteiger charge is -2.24. The number of quaternary nitrogens is 1. The lowest BCUT2D eigenvalue weighted by atomic mass is 10.0. The number of hydrogen-bond donors (Lipinski definition) is 2. The van der Waals surface area contributed by atoms with E-state index < -0.39 is 25.2 Å². The largest absolute Gasteiger partial charge is 0.360 e. The second-order valence-corrected chi connectivity index (χ2v) is 14.1. The molecule has 0 fully saturated rings. The van der Waals surface area contributed by atoms with Gasteiger partial charge in [0.15, 0.2) is 19.2 Å². The summed E-state index contributed by atoms with van der Waals surface area (Å²) in [5.41, 5.74) is -1.02. The molecule has 0 aromatic carbocycles.